The number of halogens is 1. The predicted molar refractivity (Wildman–Crippen MR) is 86.9 cm³/mol. The molecule has 0 aromatic heterocycles. The molecular formula is C16H25BrN2O. The van der Waals surface area contributed by atoms with E-state index in [-0.39, 0.29) is 6.10 Å². The molecule has 1 unspecified atom stereocenters. The van der Waals surface area contributed by atoms with Crippen LogP contribution in [0, 0.1) is 0 Å². The second-order valence-electron chi connectivity index (χ2n) is 5.87. The maximum atomic E-state index is 10.3. The third kappa shape index (κ3) is 4.55. The molecule has 1 saturated heterocycles. The van der Waals surface area contributed by atoms with Crippen molar-refractivity contribution < 1.29 is 5.11 Å². The third-order valence-electron chi connectivity index (χ3n) is 4.32. The minimum atomic E-state index is -0.364. The topological polar surface area (TPSA) is 26.7 Å². The Morgan fingerprint density at radius 3 is 2.50 bits per heavy atom. The molecule has 0 bridgehead atoms. The number of hydrogen-bond acceptors (Lipinski definition) is 3. The number of aliphatic hydroxyl groups excluding tert-OH is 1. The van der Waals surface area contributed by atoms with Gasteiger partial charge >= 0.3 is 0 Å². The second-order valence-corrected chi connectivity index (χ2v) is 6.79. The minimum absolute atomic E-state index is 0.364. The van der Waals surface area contributed by atoms with E-state index in [4.69, 9.17) is 0 Å². The van der Waals surface area contributed by atoms with Gasteiger partial charge in [-0.2, -0.15) is 0 Å². The van der Waals surface area contributed by atoms with Crippen LogP contribution in [0.4, 0.5) is 0 Å². The summed E-state index contributed by atoms with van der Waals surface area (Å²) in [7, 11) is 4.37. The molecule has 1 aromatic rings. The first-order valence-corrected chi connectivity index (χ1v) is 8.18. The lowest BCUT2D eigenvalue weighted by Crippen LogP contribution is -2.42. The Morgan fingerprint density at radius 2 is 1.90 bits per heavy atom. The van der Waals surface area contributed by atoms with E-state index < -0.39 is 0 Å². The van der Waals surface area contributed by atoms with Crippen molar-refractivity contribution in [3.63, 3.8) is 0 Å². The van der Waals surface area contributed by atoms with E-state index in [1.807, 2.05) is 24.3 Å². The lowest BCUT2D eigenvalue weighted by atomic mass is 10.0. The maximum Gasteiger partial charge on any atom is 0.0802 e. The van der Waals surface area contributed by atoms with E-state index in [9.17, 15) is 5.11 Å². The summed E-state index contributed by atoms with van der Waals surface area (Å²) in [6.45, 7) is 3.32. The lowest BCUT2D eigenvalue weighted by Gasteiger charge is -2.35. The molecule has 1 aliphatic heterocycles. The van der Waals surface area contributed by atoms with Gasteiger partial charge < -0.3 is 14.9 Å². The summed E-state index contributed by atoms with van der Waals surface area (Å²) in [6.07, 6.45) is 2.91. The van der Waals surface area contributed by atoms with E-state index in [2.05, 4.69) is 39.8 Å². The Morgan fingerprint density at radius 1 is 1.30 bits per heavy atom. The van der Waals surface area contributed by atoms with E-state index in [0.717, 1.165) is 23.0 Å². The van der Waals surface area contributed by atoms with Crippen LogP contribution in [0.2, 0.25) is 0 Å². The zero-order valence-electron chi connectivity index (χ0n) is 12.4. The van der Waals surface area contributed by atoms with E-state index in [1.165, 1.54) is 25.9 Å². The molecule has 1 heterocycles. The Balaban J connectivity index is 1.77. The standard InChI is InChI=1S/C16H25BrN2O/c1-18-10-7-15(8-11-18)19(2)12-9-16(20)13-3-5-14(17)6-4-13/h3-6,15-16,20H,7-12H2,1-2H3. The fourth-order valence-corrected chi connectivity index (χ4v) is 3.06. The number of aliphatic hydroxyl groups is 1. The summed E-state index contributed by atoms with van der Waals surface area (Å²) in [6, 6.07) is 8.62. The van der Waals surface area contributed by atoms with Crippen molar-refractivity contribution in [1.82, 2.24) is 9.80 Å². The SMILES string of the molecule is CN1CCC(N(C)CCC(O)c2ccc(Br)cc2)CC1. The van der Waals surface area contributed by atoms with Gasteiger partial charge in [-0.1, -0.05) is 28.1 Å². The van der Waals surface area contributed by atoms with Crippen LogP contribution >= 0.6 is 15.9 Å². The fraction of sp³-hybridized carbons (Fsp3) is 0.625. The van der Waals surface area contributed by atoms with Crippen LogP contribution in [0.15, 0.2) is 28.7 Å². The summed E-state index contributed by atoms with van der Waals surface area (Å²) < 4.78 is 1.05. The molecule has 1 fully saturated rings. The van der Waals surface area contributed by atoms with Crippen LogP contribution < -0.4 is 0 Å². The van der Waals surface area contributed by atoms with Crippen LogP contribution in [0.1, 0.15) is 30.9 Å². The molecule has 0 aliphatic carbocycles. The number of nitrogens with zero attached hydrogens (tertiary/aromatic N) is 2. The molecule has 4 heteroatoms. The van der Waals surface area contributed by atoms with Gasteiger partial charge in [-0.05, 0) is 64.1 Å². The predicted octanol–water partition coefficient (Wildman–Crippen LogP) is 2.90. The van der Waals surface area contributed by atoms with E-state index >= 15 is 0 Å². The molecular weight excluding hydrogens is 316 g/mol. The normalized spacial score (nSPS) is 19.4. The molecule has 1 aromatic carbocycles. The van der Waals surface area contributed by atoms with Gasteiger partial charge in [-0.3, -0.25) is 0 Å². The molecule has 1 aliphatic rings. The first-order valence-electron chi connectivity index (χ1n) is 7.38. The Bertz CT molecular complexity index is 401. The Labute approximate surface area is 130 Å². The molecule has 1 N–H and O–H groups in total. The van der Waals surface area contributed by atoms with Crippen LogP contribution in [-0.2, 0) is 0 Å². The molecule has 0 amide bonds. The van der Waals surface area contributed by atoms with Gasteiger partial charge in [0.15, 0.2) is 0 Å². The van der Waals surface area contributed by atoms with E-state index in [1.54, 1.807) is 0 Å². The molecule has 1 atom stereocenters. The third-order valence-corrected chi connectivity index (χ3v) is 4.85. The highest BCUT2D eigenvalue weighted by Crippen LogP contribution is 2.21. The monoisotopic (exact) mass is 340 g/mol. The van der Waals surface area contributed by atoms with Crippen molar-refractivity contribution in [3.8, 4) is 0 Å². The quantitative estimate of drug-likeness (QED) is 0.892. The van der Waals surface area contributed by atoms with Gasteiger partial charge in [-0.15, -0.1) is 0 Å². The van der Waals surface area contributed by atoms with Crippen LogP contribution in [0.3, 0.4) is 0 Å². The van der Waals surface area contributed by atoms with Gasteiger partial charge in [0.05, 0.1) is 6.10 Å². The smallest absolute Gasteiger partial charge is 0.0802 e. The van der Waals surface area contributed by atoms with Crippen LogP contribution in [0.5, 0.6) is 0 Å². The average Bonchev–Trinajstić information content (AvgIpc) is 2.46. The van der Waals surface area contributed by atoms with Crippen LogP contribution in [0.25, 0.3) is 0 Å². The number of piperidine rings is 1. The van der Waals surface area contributed by atoms with E-state index in [0.29, 0.717) is 6.04 Å². The van der Waals surface area contributed by atoms with Crippen molar-refractivity contribution in [2.75, 3.05) is 33.7 Å². The zero-order valence-corrected chi connectivity index (χ0v) is 14.0. The lowest BCUT2D eigenvalue weighted by molar-refractivity contribution is 0.110. The molecule has 0 spiro atoms. The fourth-order valence-electron chi connectivity index (χ4n) is 2.80. The highest BCUT2D eigenvalue weighted by Gasteiger charge is 2.21. The van der Waals surface area contributed by atoms with Gasteiger partial charge in [0.1, 0.15) is 0 Å². The van der Waals surface area contributed by atoms with Crippen molar-refractivity contribution >= 4 is 15.9 Å². The zero-order chi connectivity index (χ0) is 14.5. The molecule has 20 heavy (non-hydrogen) atoms. The molecule has 112 valence electrons. The first kappa shape index (κ1) is 16.0. The molecule has 0 radical (unpaired) electrons. The maximum absolute atomic E-state index is 10.3. The first-order chi connectivity index (χ1) is 9.56. The second kappa shape index (κ2) is 7.55. The average molecular weight is 341 g/mol. The Kier molecular flexibility index (Phi) is 6.02. The minimum Gasteiger partial charge on any atom is -0.388 e. The van der Waals surface area contributed by atoms with Crippen molar-refractivity contribution in [2.24, 2.45) is 0 Å². The number of hydrogen-bond donors (Lipinski definition) is 1. The largest absolute Gasteiger partial charge is 0.388 e. The Hall–Kier alpha value is -0.420. The van der Waals surface area contributed by atoms with Crippen molar-refractivity contribution in [3.05, 3.63) is 34.3 Å². The summed E-state index contributed by atoms with van der Waals surface area (Å²) in [5.41, 5.74) is 1.00. The summed E-state index contributed by atoms with van der Waals surface area (Å²) in [4.78, 5) is 4.80. The highest BCUT2D eigenvalue weighted by atomic mass is 79.9. The molecule has 0 saturated carbocycles. The summed E-state index contributed by atoms with van der Waals surface area (Å²) in [5, 5.41) is 10.3. The van der Waals surface area contributed by atoms with Crippen LogP contribution in [-0.4, -0.2) is 54.7 Å². The van der Waals surface area contributed by atoms with Gasteiger partial charge in [0.25, 0.3) is 0 Å². The molecule has 3 nitrogen and oxygen atoms in total. The van der Waals surface area contributed by atoms with Crippen molar-refractivity contribution in [2.45, 2.75) is 31.4 Å². The van der Waals surface area contributed by atoms with Gasteiger partial charge in [0, 0.05) is 17.1 Å². The number of likely N-dealkylation sites (tertiary alicyclic amines) is 1. The number of benzene rings is 1. The summed E-state index contributed by atoms with van der Waals surface area (Å²) in [5.74, 6) is 0. The van der Waals surface area contributed by atoms with Gasteiger partial charge in [-0.25, -0.2) is 0 Å². The highest BCUT2D eigenvalue weighted by molar-refractivity contribution is 9.10. The molecule has 2 rings (SSSR count). The van der Waals surface area contributed by atoms with Crippen molar-refractivity contribution in [1.29, 1.82) is 0 Å². The number of rotatable bonds is 5. The van der Waals surface area contributed by atoms with Gasteiger partial charge in [0.2, 0.25) is 0 Å². The summed E-state index contributed by atoms with van der Waals surface area (Å²) >= 11 is 3.42.